The van der Waals surface area contributed by atoms with E-state index in [1.807, 2.05) is 42.6 Å². The number of benzene rings is 2. The van der Waals surface area contributed by atoms with Crippen LogP contribution in [0, 0.1) is 13.8 Å². The van der Waals surface area contributed by atoms with Gasteiger partial charge in [0.15, 0.2) is 5.65 Å². The van der Waals surface area contributed by atoms with E-state index >= 15 is 0 Å². The highest BCUT2D eigenvalue weighted by Gasteiger charge is 2.15. The smallest absolute Gasteiger partial charge is 0.338 e. The van der Waals surface area contributed by atoms with E-state index in [2.05, 4.69) is 10.4 Å². The number of amides is 1. The number of hydrogen-bond acceptors (Lipinski definition) is 5. The van der Waals surface area contributed by atoms with Gasteiger partial charge in [0.05, 0.1) is 17.7 Å². The molecule has 0 spiro atoms. The number of rotatable bonds is 6. The molecule has 2 aromatic carbocycles. The highest BCUT2D eigenvalue weighted by molar-refractivity contribution is 5.95. The molecule has 0 aliphatic carbocycles. The minimum absolute atomic E-state index is 0.134. The Balaban J connectivity index is 1.50. The zero-order valence-corrected chi connectivity index (χ0v) is 17.8. The normalized spacial score (nSPS) is 11.1. The summed E-state index contributed by atoms with van der Waals surface area (Å²) in [5, 5.41) is 8.53. The fraction of sp³-hybridized carbons (Fsp3) is 0.250. The van der Waals surface area contributed by atoms with E-state index in [9.17, 15) is 9.59 Å². The first-order valence-corrected chi connectivity index (χ1v) is 10.3. The van der Waals surface area contributed by atoms with Gasteiger partial charge in [-0.25, -0.2) is 14.3 Å². The molecule has 0 fully saturated rings. The van der Waals surface area contributed by atoms with Crippen LogP contribution in [0.15, 0.2) is 48.5 Å². The Morgan fingerprint density at radius 1 is 1.10 bits per heavy atom. The average Bonchev–Trinajstić information content (AvgIpc) is 3.13. The predicted octanol–water partition coefficient (Wildman–Crippen LogP) is 4.25. The summed E-state index contributed by atoms with van der Waals surface area (Å²) in [5.74, 6) is -0.540. The molecule has 0 aliphatic heterocycles. The van der Waals surface area contributed by atoms with Crippen LogP contribution in [0.1, 0.15) is 40.7 Å². The van der Waals surface area contributed by atoms with Gasteiger partial charge in [-0.1, -0.05) is 18.2 Å². The molecule has 1 N–H and O–H groups in total. The topological polar surface area (TPSA) is 85.6 Å². The minimum Gasteiger partial charge on any atom is -0.462 e. The number of carbonyl (C=O) groups excluding carboxylic acids is 2. The van der Waals surface area contributed by atoms with Crippen LogP contribution in [-0.2, 0) is 16.0 Å². The van der Waals surface area contributed by atoms with Gasteiger partial charge in [-0.15, -0.1) is 0 Å². The molecule has 158 valence electrons. The summed E-state index contributed by atoms with van der Waals surface area (Å²) < 4.78 is 6.86. The second-order valence-electron chi connectivity index (χ2n) is 7.36. The van der Waals surface area contributed by atoms with E-state index in [-0.39, 0.29) is 5.91 Å². The molecule has 0 unspecified atom stereocenters. The molecular formula is C24H24N4O3. The molecule has 0 bridgehead atoms. The van der Waals surface area contributed by atoms with E-state index in [0.29, 0.717) is 30.7 Å². The summed E-state index contributed by atoms with van der Waals surface area (Å²) in [4.78, 5) is 29.2. The molecule has 4 aromatic rings. The lowest BCUT2D eigenvalue weighted by molar-refractivity contribution is -0.116. The van der Waals surface area contributed by atoms with Gasteiger partial charge in [0, 0.05) is 28.9 Å². The number of nitrogens with zero attached hydrogens (tertiary/aromatic N) is 3. The Bertz CT molecular complexity index is 1290. The SMILES string of the molecule is CCOC(=O)c1cccc(NC(=O)CCc2c(C)nc3c4ccccc4nn3c2C)c1. The summed E-state index contributed by atoms with van der Waals surface area (Å²) in [6.07, 6.45) is 0.833. The summed E-state index contributed by atoms with van der Waals surface area (Å²) in [5.41, 5.74) is 5.59. The average molecular weight is 416 g/mol. The van der Waals surface area contributed by atoms with Gasteiger partial charge in [-0.3, -0.25) is 4.79 Å². The van der Waals surface area contributed by atoms with E-state index in [1.165, 1.54) is 0 Å². The Hall–Kier alpha value is -3.74. The zero-order chi connectivity index (χ0) is 22.0. The van der Waals surface area contributed by atoms with Crippen molar-refractivity contribution in [2.75, 3.05) is 11.9 Å². The molecule has 7 heteroatoms. The zero-order valence-electron chi connectivity index (χ0n) is 17.8. The summed E-state index contributed by atoms with van der Waals surface area (Å²) in [7, 11) is 0. The molecule has 7 nitrogen and oxygen atoms in total. The first-order chi connectivity index (χ1) is 15.0. The Morgan fingerprint density at radius 3 is 2.71 bits per heavy atom. The van der Waals surface area contributed by atoms with Crippen LogP contribution in [0.25, 0.3) is 16.6 Å². The molecule has 0 atom stereocenters. The second-order valence-corrected chi connectivity index (χ2v) is 7.36. The fourth-order valence-electron chi connectivity index (χ4n) is 3.74. The summed E-state index contributed by atoms with van der Waals surface area (Å²) >= 11 is 0. The Morgan fingerprint density at radius 2 is 1.90 bits per heavy atom. The number of ether oxygens (including phenoxy) is 1. The molecular weight excluding hydrogens is 392 g/mol. The lowest BCUT2D eigenvalue weighted by atomic mass is 10.1. The molecule has 1 amide bonds. The monoisotopic (exact) mass is 416 g/mol. The maximum absolute atomic E-state index is 12.5. The van der Waals surface area contributed by atoms with Gasteiger partial charge in [0.1, 0.15) is 0 Å². The van der Waals surface area contributed by atoms with Gasteiger partial charge in [-0.05, 0) is 63.1 Å². The largest absolute Gasteiger partial charge is 0.462 e. The fourth-order valence-corrected chi connectivity index (χ4v) is 3.74. The van der Waals surface area contributed by atoms with E-state index in [0.717, 1.165) is 33.5 Å². The summed E-state index contributed by atoms with van der Waals surface area (Å²) in [6.45, 7) is 6.03. The van der Waals surface area contributed by atoms with Crippen LogP contribution in [0.5, 0.6) is 0 Å². The second kappa shape index (κ2) is 8.55. The third-order valence-electron chi connectivity index (χ3n) is 5.28. The summed E-state index contributed by atoms with van der Waals surface area (Å²) in [6, 6.07) is 14.7. The Labute approximate surface area is 180 Å². The number of esters is 1. The van der Waals surface area contributed by atoms with Gasteiger partial charge in [0.25, 0.3) is 0 Å². The van der Waals surface area contributed by atoms with Crippen LogP contribution in [0.2, 0.25) is 0 Å². The number of nitrogens with one attached hydrogen (secondary N) is 1. The van der Waals surface area contributed by atoms with Gasteiger partial charge < -0.3 is 10.1 Å². The minimum atomic E-state index is -0.407. The quantitative estimate of drug-likeness (QED) is 0.475. The third kappa shape index (κ3) is 4.12. The highest BCUT2D eigenvalue weighted by atomic mass is 16.5. The predicted molar refractivity (Wildman–Crippen MR) is 119 cm³/mol. The van der Waals surface area contributed by atoms with Crippen molar-refractivity contribution in [2.24, 2.45) is 0 Å². The first kappa shape index (κ1) is 20.5. The van der Waals surface area contributed by atoms with E-state index < -0.39 is 5.97 Å². The first-order valence-electron chi connectivity index (χ1n) is 10.3. The molecule has 4 rings (SSSR count). The van der Waals surface area contributed by atoms with Crippen LogP contribution in [0.4, 0.5) is 5.69 Å². The van der Waals surface area contributed by atoms with Crippen molar-refractivity contribution in [2.45, 2.75) is 33.6 Å². The van der Waals surface area contributed by atoms with Crippen molar-refractivity contribution in [3.05, 3.63) is 71.0 Å². The van der Waals surface area contributed by atoms with Gasteiger partial charge in [-0.2, -0.15) is 5.10 Å². The number of fused-ring (bicyclic) bond motifs is 3. The van der Waals surface area contributed by atoms with Crippen LogP contribution >= 0.6 is 0 Å². The van der Waals surface area contributed by atoms with Gasteiger partial charge in [0.2, 0.25) is 5.91 Å². The Kier molecular flexibility index (Phi) is 5.66. The standard InChI is InChI=1S/C24H24N4O3/c1-4-31-24(30)17-8-7-9-18(14-17)26-22(29)13-12-19-15(2)25-23-20-10-5-6-11-21(20)27-28(23)16(19)3/h5-11,14H,4,12-13H2,1-3H3,(H,26,29). The molecule has 0 saturated carbocycles. The van der Waals surface area contributed by atoms with Crippen LogP contribution < -0.4 is 5.32 Å². The van der Waals surface area contributed by atoms with Crippen molar-refractivity contribution >= 4 is 34.1 Å². The maximum Gasteiger partial charge on any atom is 0.338 e. The molecule has 2 heterocycles. The molecule has 0 saturated heterocycles. The van der Waals surface area contributed by atoms with Crippen LogP contribution in [0.3, 0.4) is 0 Å². The van der Waals surface area contributed by atoms with E-state index in [1.54, 1.807) is 31.2 Å². The van der Waals surface area contributed by atoms with Crippen molar-refractivity contribution in [3.63, 3.8) is 0 Å². The van der Waals surface area contributed by atoms with Crippen molar-refractivity contribution in [1.29, 1.82) is 0 Å². The number of aromatic nitrogens is 3. The van der Waals surface area contributed by atoms with Crippen molar-refractivity contribution in [1.82, 2.24) is 14.6 Å². The number of carbonyl (C=O) groups is 2. The lowest BCUT2D eigenvalue weighted by Gasteiger charge is -2.11. The van der Waals surface area contributed by atoms with Crippen molar-refractivity contribution in [3.8, 4) is 0 Å². The lowest BCUT2D eigenvalue weighted by Crippen LogP contribution is -2.15. The highest BCUT2D eigenvalue weighted by Crippen LogP contribution is 2.23. The number of hydrogen-bond donors (Lipinski definition) is 1. The van der Waals surface area contributed by atoms with Gasteiger partial charge >= 0.3 is 5.97 Å². The molecule has 0 radical (unpaired) electrons. The maximum atomic E-state index is 12.5. The number of aryl methyl sites for hydroxylation is 2. The molecule has 2 aromatic heterocycles. The van der Waals surface area contributed by atoms with Crippen LogP contribution in [-0.4, -0.2) is 33.1 Å². The number of anilines is 1. The van der Waals surface area contributed by atoms with Crippen molar-refractivity contribution < 1.29 is 14.3 Å². The van der Waals surface area contributed by atoms with E-state index in [4.69, 9.17) is 9.72 Å². The molecule has 0 aliphatic rings. The third-order valence-corrected chi connectivity index (χ3v) is 5.28. The molecule has 31 heavy (non-hydrogen) atoms.